The third-order valence-electron chi connectivity index (χ3n) is 3.83. The Balaban J connectivity index is 2.15. The number of Topliss-reactive ketones (excluding diaryl/α,β-unsaturated/α-hetero) is 1. The van der Waals surface area contributed by atoms with Gasteiger partial charge in [0.2, 0.25) is 0 Å². The highest BCUT2D eigenvalue weighted by molar-refractivity contribution is 5.94. The average Bonchev–Trinajstić information content (AvgIpc) is 2.81. The highest BCUT2D eigenvalue weighted by Crippen LogP contribution is 2.30. The number of hydrogen-bond donors (Lipinski definition) is 0. The quantitative estimate of drug-likeness (QED) is 0.466. The molecule has 26 heavy (non-hydrogen) atoms. The SMILES string of the molecule is CC(=O)c1ccc(OC(=O)C2COC(C)(C)N2C(=O)OC(C)(C)C)cc1. The Labute approximate surface area is 153 Å². The van der Waals surface area contributed by atoms with Crippen molar-refractivity contribution in [2.75, 3.05) is 6.61 Å². The zero-order valence-electron chi connectivity index (χ0n) is 16.0. The topological polar surface area (TPSA) is 82.1 Å². The van der Waals surface area contributed by atoms with Crippen molar-refractivity contribution in [3.63, 3.8) is 0 Å². The van der Waals surface area contributed by atoms with E-state index in [0.29, 0.717) is 5.56 Å². The van der Waals surface area contributed by atoms with Crippen molar-refractivity contribution in [3.05, 3.63) is 29.8 Å². The molecule has 2 rings (SSSR count). The number of nitrogens with zero attached hydrogens (tertiary/aromatic N) is 1. The van der Waals surface area contributed by atoms with E-state index < -0.39 is 29.4 Å². The molecule has 0 aliphatic carbocycles. The standard InChI is InChI=1S/C19H25NO6/c1-12(21)13-7-9-14(10-8-13)25-16(22)15-11-24-19(5,6)20(15)17(23)26-18(2,3)4/h7-10,15H,11H2,1-6H3. The number of esters is 1. The molecule has 1 fully saturated rings. The van der Waals surface area contributed by atoms with E-state index >= 15 is 0 Å². The van der Waals surface area contributed by atoms with Crippen LogP contribution >= 0.6 is 0 Å². The van der Waals surface area contributed by atoms with Crippen molar-refractivity contribution in [3.8, 4) is 5.75 Å². The highest BCUT2D eigenvalue weighted by atomic mass is 16.6. The smallest absolute Gasteiger partial charge is 0.413 e. The summed E-state index contributed by atoms with van der Waals surface area (Å²) >= 11 is 0. The van der Waals surface area contributed by atoms with Crippen LogP contribution in [-0.4, -0.2) is 46.7 Å². The molecule has 1 saturated heterocycles. The Hall–Kier alpha value is -2.41. The van der Waals surface area contributed by atoms with Gasteiger partial charge in [0, 0.05) is 5.56 Å². The van der Waals surface area contributed by atoms with Crippen LogP contribution < -0.4 is 4.74 Å². The first kappa shape index (κ1) is 19.9. The average molecular weight is 363 g/mol. The van der Waals surface area contributed by atoms with Gasteiger partial charge in [-0.2, -0.15) is 0 Å². The molecule has 0 N–H and O–H groups in total. The Morgan fingerprint density at radius 2 is 1.73 bits per heavy atom. The van der Waals surface area contributed by atoms with Crippen molar-refractivity contribution >= 4 is 17.8 Å². The van der Waals surface area contributed by atoms with Crippen LogP contribution in [0.2, 0.25) is 0 Å². The molecule has 7 heteroatoms. The molecule has 1 aliphatic heterocycles. The number of amides is 1. The molecule has 0 spiro atoms. The second-order valence-electron chi connectivity index (χ2n) is 7.63. The lowest BCUT2D eigenvalue weighted by atomic mass is 10.1. The van der Waals surface area contributed by atoms with E-state index in [1.165, 1.54) is 24.0 Å². The van der Waals surface area contributed by atoms with Crippen LogP contribution in [0.3, 0.4) is 0 Å². The summed E-state index contributed by atoms with van der Waals surface area (Å²) in [5, 5.41) is 0. The zero-order chi connectivity index (χ0) is 19.7. The molecular weight excluding hydrogens is 338 g/mol. The minimum Gasteiger partial charge on any atom is -0.444 e. The Kier molecular flexibility index (Phi) is 5.41. The van der Waals surface area contributed by atoms with Crippen LogP contribution in [-0.2, 0) is 14.3 Å². The van der Waals surface area contributed by atoms with Crippen molar-refractivity contribution in [1.29, 1.82) is 0 Å². The van der Waals surface area contributed by atoms with E-state index in [4.69, 9.17) is 14.2 Å². The lowest BCUT2D eigenvalue weighted by Gasteiger charge is -2.34. The van der Waals surface area contributed by atoms with Gasteiger partial charge in [-0.15, -0.1) is 0 Å². The molecule has 1 atom stereocenters. The van der Waals surface area contributed by atoms with E-state index in [9.17, 15) is 14.4 Å². The van der Waals surface area contributed by atoms with Crippen molar-refractivity contribution in [1.82, 2.24) is 4.90 Å². The first-order chi connectivity index (χ1) is 11.9. The van der Waals surface area contributed by atoms with Crippen LogP contribution in [0.1, 0.15) is 51.9 Å². The van der Waals surface area contributed by atoms with Gasteiger partial charge in [-0.1, -0.05) is 0 Å². The molecule has 0 bridgehead atoms. The van der Waals surface area contributed by atoms with Gasteiger partial charge in [-0.25, -0.2) is 9.59 Å². The number of carbonyl (C=O) groups is 3. The molecule has 142 valence electrons. The number of rotatable bonds is 3. The minimum atomic E-state index is -0.996. The predicted octanol–water partition coefficient (Wildman–Crippen LogP) is 3.17. The van der Waals surface area contributed by atoms with E-state index in [-0.39, 0.29) is 18.1 Å². The van der Waals surface area contributed by atoms with Crippen molar-refractivity contribution in [2.45, 2.75) is 58.9 Å². The molecule has 7 nitrogen and oxygen atoms in total. The Morgan fingerprint density at radius 3 is 2.23 bits per heavy atom. The number of ketones is 1. The highest BCUT2D eigenvalue weighted by Gasteiger charge is 2.49. The largest absolute Gasteiger partial charge is 0.444 e. The Bertz CT molecular complexity index is 702. The molecule has 0 saturated carbocycles. The number of carbonyl (C=O) groups excluding carboxylic acids is 3. The van der Waals surface area contributed by atoms with Crippen LogP contribution in [0.15, 0.2) is 24.3 Å². The fourth-order valence-electron chi connectivity index (χ4n) is 2.58. The minimum absolute atomic E-state index is 0.0105. The van der Waals surface area contributed by atoms with E-state index in [0.717, 1.165) is 0 Å². The lowest BCUT2D eigenvalue weighted by Crippen LogP contribution is -2.53. The van der Waals surface area contributed by atoms with Gasteiger partial charge >= 0.3 is 12.1 Å². The summed E-state index contributed by atoms with van der Waals surface area (Å²) in [6.45, 7) is 10.1. The van der Waals surface area contributed by atoms with E-state index in [1.54, 1.807) is 46.8 Å². The number of ether oxygens (including phenoxy) is 3. The lowest BCUT2D eigenvalue weighted by molar-refractivity contribution is -0.140. The Morgan fingerprint density at radius 1 is 1.15 bits per heavy atom. The summed E-state index contributed by atoms with van der Waals surface area (Å²) in [7, 11) is 0. The molecule has 1 unspecified atom stereocenters. The molecule has 1 amide bonds. The van der Waals surface area contributed by atoms with Gasteiger partial charge in [-0.3, -0.25) is 9.69 Å². The zero-order valence-corrected chi connectivity index (χ0v) is 16.0. The summed E-state index contributed by atoms with van der Waals surface area (Å²) < 4.78 is 16.3. The van der Waals surface area contributed by atoms with Crippen molar-refractivity contribution in [2.24, 2.45) is 0 Å². The summed E-state index contributed by atoms with van der Waals surface area (Å²) in [5.41, 5.74) is -1.18. The maximum atomic E-state index is 12.6. The van der Waals surface area contributed by atoms with E-state index in [2.05, 4.69) is 0 Å². The van der Waals surface area contributed by atoms with Gasteiger partial charge in [-0.05, 0) is 65.8 Å². The molecule has 1 heterocycles. The third kappa shape index (κ3) is 4.60. The monoisotopic (exact) mass is 363 g/mol. The van der Waals surface area contributed by atoms with Gasteiger partial charge in [0.05, 0.1) is 6.61 Å². The molecule has 0 radical (unpaired) electrons. The number of hydrogen-bond acceptors (Lipinski definition) is 6. The van der Waals surface area contributed by atoms with Crippen molar-refractivity contribution < 1.29 is 28.6 Å². The maximum absolute atomic E-state index is 12.6. The predicted molar refractivity (Wildman–Crippen MR) is 94.0 cm³/mol. The molecule has 1 aromatic rings. The second-order valence-corrected chi connectivity index (χ2v) is 7.63. The van der Waals surface area contributed by atoms with Crippen LogP contribution in [0.4, 0.5) is 4.79 Å². The molecule has 1 aliphatic rings. The van der Waals surface area contributed by atoms with Crippen LogP contribution in [0.5, 0.6) is 5.75 Å². The molecule has 0 aromatic heterocycles. The first-order valence-corrected chi connectivity index (χ1v) is 8.40. The third-order valence-corrected chi connectivity index (χ3v) is 3.83. The van der Waals surface area contributed by atoms with Gasteiger partial charge in [0.1, 0.15) is 17.1 Å². The van der Waals surface area contributed by atoms with Gasteiger partial charge in [0.25, 0.3) is 0 Å². The van der Waals surface area contributed by atoms with Crippen LogP contribution in [0, 0.1) is 0 Å². The normalized spacial score (nSPS) is 19.2. The summed E-state index contributed by atoms with van der Waals surface area (Å²) in [6, 6.07) is 5.30. The van der Waals surface area contributed by atoms with Gasteiger partial charge < -0.3 is 14.2 Å². The number of benzene rings is 1. The fourth-order valence-corrected chi connectivity index (χ4v) is 2.58. The summed E-state index contributed by atoms with van der Waals surface area (Å²) in [6.07, 6.45) is -0.645. The first-order valence-electron chi connectivity index (χ1n) is 8.40. The second kappa shape index (κ2) is 7.07. The summed E-state index contributed by atoms with van der Waals surface area (Å²) in [5.74, 6) is -0.421. The molecule has 1 aromatic carbocycles. The molecular formula is C19H25NO6. The van der Waals surface area contributed by atoms with Gasteiger partial charge in [0.15, 0.2) is 11.8 Å². The van der Waals surface area contributed by atoms with E-state index in [1.807, 2.05) is 0 Å². The fraction of sp³-hybridized carbons (Fsp3) is 0.526. The summed E-state index contributed by atoms with van der Waals surface area (Å²) in [4.78, 5) is 37.7. The maximum Gasteiger partial charge on any atom is 0.413 e. The van der Waals surface area contributed by atoms with Crippen LogP contribution in [0.25, 0.3) is 0 Å².